The molecule has 0 radical (unpaired) electrons. The van der Waals surface area contributed by atoms with Gasteiger partial charge >= 0.3 is 6.43 Å². The second-order valence-corrected chi connectivity index (χ2v) is 2.68. The average molecular weight is 190 g/mol. The summed E-state index contributed by atoms with van der Waals surface area (Å²) in [7, 11) is 1.84. The van der Waals surface area contributed by atoms with Gasteiger partial charge in [0.15, 0.2) is 0 Å². The number of rotatable bonds is 5. The van der Waals surface area contributed by atoms with Crippen LogP contribution in [0.2, 0.25) is 0 Å². The Bertz CT molecular complexity index is 250. The molecule has 0 saturated carbocycles. The van der Waals surface area contributed by atoms with Crippen LogP contribution < -0.4 is 5.32 Å². The summed E-state index contributed by atoms with van der Waals surface area (Å²) in [5.74, 6) is -0.487. The summed E-state index contributed by atoms with van der Waals surface area (Å²) in [5, 5.41) is 2.96. The number of oxazole rings is 1. The molecule has 0 aliphatic heterocycles. The fourth-order valence-corrected chi connectivity index (χ4v) is 0.984. The van der Waals surface area contributed by atoms with Gasteiger partial charge in [0.1, 0.15) is 6.26 Å². The van der Waals surface area contributed by atoms with E-state index >= 15 is 0 Å². The predicted molar refractivity (Wildman–Crippen MR) is 43.7 cm³/mol. The highest BCUT2D eigenvalue weighted by Crippen LogP contribution is 2.17. The largest absolute Gasteiger partial charge is 0.444 e. The number of halogens is 2. The van der Waals surface area contributed by atoms with Crippen LogP contribution in [0.1, 0.15) is 24.4 Å². The van der Waals surface area contributed by atoms with E-state index in [0.717, 1.165) is 13.0 Å². The summed E-state index contributed by atoms with van der Waals surface area (Å²) in [6.07, 6.45) is 0.206. The van der Waals surface area contributed by atoms with Gasteiger partial charge in [-0.2, -0.15) is 8.78 Å². The Kier molecular flexibility index (Phi) is 3.82. The minimum Gasteiger partial charge on any atom is -0.444 e. The lowest BCUT2D eigenvalue weighted by Crippen LogP contribution is -2.08. The molecule has 0 fully saturated rings. The molecule has 0 aliphatic carbocycles. The molecular formula is C8H12F2N2O. The van der Waals surface area contributed by atoms with Gasteiger partial charge in [-0.15, -0.1) is 0 Å². The van der Waals surface area contributed by atoms with Crippen molar-refractivity contribution in [3.8, 4) is 0 Å². The molecule has 1 aromatic rings. The van der Waals surface area contributed by atoms with Gasteiger partial charge in [-0.3, -0.25) is 0 Å². The molecule has 0 saturated heterocycles. The zero-order valence-electron chi connectivity index (χ0n) is 7.39. The lowest BCUT2D eigenvalue weighted by atomic mass is 10.2. The van der Waals surface area contributed by atoms with E-state index in [1.54, 1.807) is 0 Å². The van der Waals surface area contributed by atoms with Gasteiger partial charge in [-0.1, -0.05) is 0 Å². The molecule has 74 valence electrons. The standard InChI is InChI=1S/C8H12F2N2O/c1-11-4-2-3-6-5-13-8(12-6)7(9)10/h5,7,11H,2-4H2,1H3. The van der Waals surface area contributed by atoms with Crippen molar-refractivity contribution in [2.75, 3.05) is 13.6 Å². The van der Waals surface area contributed by atoms with Crippen LogP contribution in [0.3, 0.4) is 0 Å². The zero-order chi connectivity index (χ0) is 9.68. The Morgan fingerprint density at radius 3 is 2.92 bits per heavy atom. The highest BCUT2D eigenvalue weighted by Gasteiger charge is 2.13. The van der Waals surface area contributed by atoms with Crippen molar-refractivity contribution in [1.82, 2.24) is 10.3 Å². The monoisotopic (exact) mass is 190 g/mol. The first-order valence-corrected chi connectivity index (χ1v) is 4.11. The van der Waals surface area contributed by atoms with Gasteiger partial charge in [0, 0.05) is 0 Å². The van der Waals surface area contributed by atoms with Crippen LogP contribution in [0, 0.1) is 0 Å². The molecule has 0 spiro atoms. The molecule has 5 heteroatoms. The zero-order valence-corrected chi connectivity index (χ0v) is 7.39. The van der Waals surface area contributed by atoms with E-state index in [9.17, 15) is 8.78 Å². The Labute approximate surface area is 75.2 Å². The van der Waals surface area contributed by atoms with E-state index in [2.05, 4.69) is 14.7 Å². The van der Waals surface area contributed by atoms with E-state index < -0.39 is 12.3 Å². The summed E-state index contributed by atoms with van der Waals surface area (Å²) in [4.78, 5) is 3.64. The van der Waals surface area contributed by atoms with Crippen molar-refractivity contribution in [3.63, 3.8) is 0 Å². The van der Waals surface area contributed by atoms with Crippen molar-refractivity contribution in [2.24, 2.45) is 0 Å². The number of aromatic nitrogens is 1. The van der Waals surface area contributed by atoms with Crippen LogP contribution in [0.4, 0.5) is 8.78 Å². The van der Waals surface area contributed by atoms with Crippen molar-refractivity contribution in [3.05, 3.63) is 17.8 Å². The molecule has 0 aliphatic rings. The second kappa shape index (κ2) is 4.91. The number of nitrogens with one attached hydrogen (secondary N) is 1. The number of aryl methyl sites for hydroxylation is 1. The van der Waals surface area contributed by atoms with Gasteiger partial charge in [0.2, 0.25) is 0 Å². The van der Waals surface area contributed by atoms with Crippen molar-refractivity contribution >= 4 is 0 Å². The molecule has 1 rings (SSSR count). The minimum atomic E-state index is -2.61. The maximum absolute atomic E-state index is 12.0. The lowest BCUT2D eigenvalue weighted by Gasteiger charge is -1.94. The molecule has 0 bridgehead atoms. The van der Waals surface area contributed by atoms with Crippen LogP contribution >= 0.6 is 0 Å². The highest BCUT2D eigenvalue weighted by molar-refractivity contribution is 4.97. The third-order valence-electron chi connectivity index (χ3n) is 1.62. The van der Waals surface area contributed by atoms with E-state index in [1.165, 1.54) is 6.26 Å². The van der Waals surface area contributed by atoms with E-state index in [0.29, 0.717) is 12.1 Å². The Morgan fingerprint density at radius 1 is 1.62 bits per heavy atom. The summed E-state index contributed by atoms with van der Waals surface area (Å²) in [6.45, 7) is 0.844. The number of hydrogen-bond donors (Lipinski definition) is 1. The van der Waals surface area contributed by atoms with E-state index in [1.807, 2.05) is 7.05 Å². The fraction of sp³-hybridized carbons (Fsp3) is 0.625. The topological polar surface area (TPSA) is 38.1 Å². The fourth-order valence-electron chi connectivity index (χ4n) is 0.984. The Morgan fingerprint density at radius 2 is 2.38 bits per heavy atom. The average Bonchev–Trinajstić information content (AvgIpc) is 2.53. The van der Waals surface area contributed by atoms with E-state index in [4.69, 9.17) is 0 Å². The molecule has 0 amide bonds. The summed E-state index contributed by atoms with van der Waals surface area (Å²) in [6, 6.07) is 0. The Balaban J connectivity index is 2.40. The first kappa shape index (κ1) is 10.1. The molecule has 1 N–H and O–H groups in total. The molecule has 1 heterocycles. The van der Waals surface area contributed by atoms with Crippen LogP contribution in [-0.4, -0.2) is 18.6 Å². The smallest absolute Gasteiger partial charge is 0.313 e. The molecular weight excluding hydrogens is 178 g/mol. The first-order valence-electron chi connectivity index (χ1n) is 4.11. The van der Waals surface area contributed by atoms with Gasteiger partial charge in [0.25, 0.3) is 5.89 Å². The third kappa shape index (κ3) is 3.10. The van der Waals surface area contributed by atoms with Crippen LogP contribution in [-0.2, 0) is 6.42 Å². The van der Waals surface area contributed by atoms with Gasteiger partial charge in [0.05, 0.1) is 5.69 Å². The SMILES string of the molecule is CNCCCc1coc(C(F)F)n1. The van der Waals surface area contributed by atoms with Crippen molar-refractivity contribution in [1.29, 1.82) is 0 Å². The van der Waals surface area contributed by atoms with Crippen LogP contribution in [0.5, 0.6) is 0 Å². The molecule has 3 nitrogen and oxygen atoms in total. The quantitative estimate of drug-likeness (QED) is 0.719. The van der Waals surface area contributed by atoms with Gasteiger partial charge < -0.3 is 9.73 Å². The summed E-state index contributed by atoms with van der Waals surface area (Å²) >= 11 is 0. The highest BCUT2D eigenvalue weighted by atomic mass is 19.3. The first-order chi connectivity index (χ1) is 6.24. The number of alkyl halides is 2. The maximum Gasteiger partial charge on any atom is 0.313 e. The number of nitrogens with zero attached hydrogens (tertiary/aromatic N) is 1. The van der Waals surface area contributed by atoms with E-state index in [-0.39, 0.29) is 0 Å². The van der Waals surface area contributed by atoms with Crippen LogP contribution in [0.15, 0.2) is 10.7 Å². The summed E-state index contributed by atoms with van der Waals surface area (Å²) in [5.41, 5.74) is 0.588. The number of hydrogen-bond acceptors (Lipinski definition) is 3. The lowest BCUT2D eigenvalue weighted by molar-refractivity contribution is 0.115. The second-order valence-electron chi connectivity index (χ2n) is 2.68. The molecule has 0 unspecified atom stereocenters. The normalized spacial score (nSPS) is 11.1. The summed E-state index contributed by atoms with van der Waals surface area (Å²) < 4.78 is 28.6. The molecule has 13 heavy (non-hydrogen) atoms. The minimum absolute atomic E-state index is 0.487. The van der Waals surface area contributed by atoms with Crippen molar-refractivity contribution in [2.45, 2.75) is 19.3 Å². The van der Waals surface area contributed by atoms with Gasteiger partial charge in [-0.25, -0.2) is 4.98 Å². The molecule has 0 atom stereocenters. The molecule has 1 aromatic heterocycles. The molecule has 0 aromatic carbocycles. The maximum atomic E-state index is 12.0. The van der Waals surface area contributed by atoms with Crippen LogP contribution in [0.25, 0.3) is 0 Å². The Hall–Kier alpha value is -0.970. The van der Waals surface area contributed by atoms with Crippen molar-refractivity contribution < 1.29 is 13.2 Å². The van der Waals surface area contributed by atoms with Gasteiger partial charge in [-0.05, 0) is 26.4 Å². The third-order valence-corrected chi connectivity index (χ3v) is 1.62. The predicted octanol–water partition coefficient (Wildman–Crippen LogP) is 1.76.